The molecule has 2 fully saturated rings. The summed E-state index contributed by atoms with van der Waals surface area (Å²) in [4.78, 5) is 28.1. The molecule has 3 aromatic heterocycles. The van der Waals surface area contributed by atoms with E-state index in [1.165, 1.54) is 6.07 Å². The number of amides is 3. The van der Waals surface area contributed by atoms with Gasteiger partial charge in [-0.3, -0.25) is 14.8 Å². The molecule has 2 N–H and O–H groups in total. The molecule has 0 spiro atoms. The maximum atomic E-state index is 14.8. The van der Waals surface area contributed by atoms with Gasteiger partial charge in [0.25, 0.3) is 0 Å². The van der Waals surface area contributed by atoms with Crippen LogP contribution >= 0.6 is 0 Å². The lowest BCUT2D eigenvalue weighted by molar-refractivity contribution is -0.141. The monoisotopic (exact) mass is 487 g/mol. The number of benzene rings is 1. The molecule has 1 aromatic carbocycles. The van der Waals surface area contributed by atoms with Crippen molar-refractivity contribution in [2.24, 2.45) is 0 Å². The number of fused-ring (bicyclic) bond motifs is 2. The van der Waals surface area contributed by atoms with Crippen LogP contribution in [0.2, 0.25) is 0 Å². The minimum Gasteiger partial charge on any atom is -0.337 e. The maximum absolute atomic E-state index is 14.8. The first kappa shape index (κ1) is 21.5. The van der Waals surface area contributed by atoms with Crippen LogP contribution in [0.1, 0.15) is 41.0 Å². The lowest BCUT2D eigenvalue weighted by Gasteiger charge is -2.22. The first-order valence-corrected chi connectivity index (χ1v) is 10.8. The summed E-state index contributed by atoms with van der Waals surface area (Å²) in [5.74, 6) is -2.05. The molecule has 4 aromatic rings. The van der Waals surface area contributed by atoms with E-state index in [-0.39, 0.29) is 29.3 Å². The maximum Gasteiger partial charge on any atom is 0.408 e. The average Bonchev–Trinajstić information content (AvgIpc) is 3.26. The van der Waals surface area contributed by atoms with Gasteiger partial charge in [0.1, 0.15) is 12.4 Å². The Kier molecular flexibility index (Phi) is 4.60. The summed E-state index contributed by atoms with van der Waals surface area (Å²) in [6, 6.07) is 4.08. The lowest BCUT2D eigenvalue weighted by Crippen LogP contribution is -2.51. The van der Waals surface area contributed by atoms with E-state index >= 15 is 0 Å². The smallest absolute Gasteiger partial charge is 0.337 e. The number of nitrogens with zero attached hydrogens (tertiary/aromatic N) is 5. The molecule has 0 radical (unpaired) electrons. The molecular weight excluding hydrogens is 470 g/mol. The van der Waals surface area contributed by atoms with E-state index in [4.69, 9.17) is 0 Å². The van der Waals surface area contributed by atoms with Crippen molar-refractivity contribution in [2.75, 3.05) is 6.54 Å². The highest BCUT2D eigenvalue weighted by atomic mass is 19.4. The van der Waals surface area contributed by atoms with E-state index in [9.17, 15) is 27.2 Å². The zero-order valence-corrected chi connectivity index (χ0v) is 17.9. The molecule has 0 bridgehead atoms. The largest absolute Gasteiger partial charge is 0.408 e. The molecule has 1 saturated heterocycles. The van der Waals surface area contributed by atoms with Crippen LogP contribution in [0.5, 0.6) is 0 Å². The van der Waals surface area contributed by atoms with Crippen LogP contribution in [0.15, 0.2) is 36.8 Å². The molecule has 35 heavy (non-hydrogen) atoms. The molecular formula is C22H17F4N7O2. The second-order valence-corrected chi connectivity index (χ2v) is 8.77. The zero-order valence-electron chi connectivity index (χ0n) is 17.9. The number of aromatic nitrogens is 5. The van der Waals surface area contributed by atoms with Crippen molar-refractivity contribution < 1.29 is 27.2 Å². The molecule has 1 aliphatic carbocycles. The molecule has 3 atom stereocenters. The van der Waals surface area contributed by atoms with Crippen molar-refractivity contribution in [2.45, 2.75) is 36.9 Å². The standard InChI is InChI=1S/C22H17F4N7O2/c23-16-3-10(4-18-14(16)8-29-33(18)9-22(24,25)26)11-5-12(11)13-6-17(31-32-2-1-27-19(13)32)15-7-28-21(35)30-20(15)34/h1-4,6,8,11-12,15H,5,7,9H2,(H2,28,30,34,35)/t11-,12+,15?/m1/s1. The quantitative estimate of drug-likeness (QED) is 0.431. The summed E-state index contributed by atoms with van der Waals surface area (Å²) in [5.41, 5.74) is 2.45. The Labute approximate surface area is 194 Å². The van der Waals surface area contributed by atoms with Crippen LogP contribution in [0, 0.1) is 5.82 Å². The minimum absolute atomic E-state index is 0.0300. The van der Waals surface area contributed by atoms with Crippen LogP contribution in [0.3, 0.4) is 0 Å². The molecule has 2 aliphatic rings. The molecule has 9 nitrogen and oxygen atoms in total. The fraction of sp³-hybridized carbons (Fsp3) is 0.318. The summed E-state index contributed by atoms with van der Waals surface area (Å²) in [6.45, 7) is -1.22. The Hall–Kier alpha value is -4.03. The Morgan fingerprint density at radius 2 is 1.97 bits per heavy atom. The topological polar surface area (TPSA) is 106 Å². The van der Waals surface area contributed by atoms with Crippen molar-refractivity contribution in [3.8, 4) is 0 Å². The van der Waals surface area contributed by atoms with Crippen LogP contribution in [-0.4, -0.2) is 49.0 Å². The first-order valence-electron chi connectivity index (χ1n) is 10.8. The summed E-state index contributed by atoms with van der Waals surface area (Å²) in [6.07, 6.45) is 0.440. The Balaban J connectivity index is 1.36. The first-order chi connectivity index (χ1) is 16.7. The van der Waals surface area contributed by atoms with E-state index in [1.807, 2.05) is 0 Å². The number of carbonyl (C=O) groups excluding carboxylic acids is 2. The van der Waals surface area contributed by atoms with Gasteiger partial charge in [-0.25, -0.2) is 18.7 Å². The lowest BCUT2D eigenvalue weighted by atomic mass is 9.98. The van der Waals surface area contributed by atoms with E-state index in [1.54, 1.807) is 29.0 Å². The molecule has 3 amide bonds. The molecule has 1 saturated carbocycles. The molecule has 1 aliphatic heterocycles. The highest BCUT2D eigenvalue weighted by molar-refractivity contribution is 6.00. The van der Waals surface area contributed by atoms with Crippen molar-refractivity contribution in [3.05, 3.63) is 59.4 Å². The van der Waals surface area contributed by atoms with Gasteiger partial charge < -0.3 is 5.32 Å². The minimum atomic E-state index is -4.49. The highest BCUT2D eigenvalue weighted by Crippen LogP contribution is 2.56. The van der Waals surface area contributed by atoms with E-state index in [0.717, 1.165) is 16.4 Å². The van der Waals surface area contributed by atoms with Crippen LogP contribution in [-0.2, 0) is 11.3 Å². The van der Waals surface area contributed by atoms with E-state index in [0.29, 0.717) is 23.3 Å². The summed E-state index contributed by atoms with van der Waals surface area (Å²) in [7, 11) is 0. The molecule has 6 rings (SSSR count). The van der Waals surface area contributed by atoms with Gasteiger partial charge in [0.05, 0.1) is 28.7 Å². The Morgan fingerprint density at radius 1 is 1.14 bits per heavy atom. The predicted molar refractivity (Wildman–Crippen MR) is 113 cm³/mol. The SMILES string of the molecule is O=C1NCC(c2cc([C@H]3C[C@@H]3c3cc(F)c4cnn(CC(F)(F)F)c4c3)c3nccn3n2)C(=O)N1. The van der Waals surface area contributed by atoms with Gasteiger partial charge in [0, 0.05) is 24.5 Å². The van der Waals surface area contributed by atoms with Crippen molar-refractivity contribution in [1.82, 2.24) is 35.0 Å². The molecule has 180 valence electrons. The number of rotatable bonds is 4. The highest BCUT2D eigenvalue weighted by Gasteiger charge is 2.43. The number of hydrogen-bond acceptors (Lipinski definition) is 5. The number of imidazole rings is 1. The summed E-state index contributed by atoms with van der Waals surface area (Å²) < 4.78 is 55.9. The third kappa shape index (κ3) is 3.76. The molecule has 4 heterocycles. The van der Waals surface area contributed by atoms with E-state index < -0.39 is 36.4 Å². The van der Waals surface area contributed by atoms with Crippen LogP contribution in [0.25, 0.3) is 16.6 Å². The van der Waals surface area contributed by atoms with E-state index in [2.05, 4.69) is 25.8 Å². The van der Waals surface area contributed by atoms with Gasteiger partial charge in [-0.15, -0.1) is 0 Å². The van der Waals surface area contributed by atoms with Gasteiger partial charge in [-0.2, -0.15) is 23.4 Å². The zero-order chi connectivity index (χ0) is 24.5. The fourth-order valence-corrected chi connectivity index (χ4v) is 4.75. The van der Waals surface area contributed by atoms with Gasteiger partial charge >= 0.3 is 12.2 Å². The normalized spacial score (nSPS) is 22.5. The van der Waals surface area contributed by atoms with Gasteiger partial charge in [0.2, 0.25) is 5.91 Å². The second-order valence-electron chi connectivity index (χ2n) is 8.77. The summed E-state index contributed by atoms with van der Waals surface area (Å²) >= 11 is 0. The van der Waals surface area contributed by atoms with Gasteiger partial charge in [-0.05, 0) is 42.0 Å². The second kappa shape index (κ2) is 7.48. The number of hydrogen-bond donors (Lipinski definition) is 2. The number of halogens is 4. The number of urea groups is 1. The predicted octanol–water partition coefficient (Wildman–Crippen LogP) is 2.97. The molecule has 13 heteroatoms. The molecule has 1 unspecified atom stereocenters. The number of imide groups is 1. The summed E-state index contributed by atoms with van der Waals surface area (Å²) in [5, 5.41) is 13.0. The fourth-order valence-electron chi connectivity index (χ4n) is 4.75. The number of nitrogens with one attached hydrogen (secondary N) is 2. The van der Waals surface area contributed by atoms with Crippen LogP contribution in [0.4, 0.5) is 22.4 Å². The number of carbonyl (C=O) groups is 2. The number of alkyl halides is 3. The average molecular weight is 487 g/mol. The van der Waals surface area contributed by atoms with Crippen LogP contribution < -0.4 is 10.6 Å². The van der Waals surface area contributed by atoms with Crippen molar-refractivity contribution in [1.29, 1.82) is 0 Å². The Bertz CT molecular complexity index is 1510. The van der Waals surface area contributed by atoms with Gasteiger partial charge in [0.15, 0.2) is 5.65 Å². The third-order valence-corrected chi connectivity index (χ3v) is 6.46. The van der Waals surface area contributed by atoms with Crippen molar-refractivity contribution in [3.63, 3.8) is 0 Å². The Morgan fingerprint density at radius 3 is 2.74 bits per heavy atom. The van der Waals surface area contributed by atoms with Crippen molar-refractivity contribution >= 4 is 28.5 Å². The third-order valence-electron chi connectivity index (χ3n) is 6.46. The van der Waals surface area contributed by atoms with Gasteiger partial charge in [-0.1, -0.05) is 0 Å².